The molecule has 0 spiro atoms. The summed E-state index contributed by atoms with van der Waals surface area (Å²) in [5.41, 5.74) is 0. The van der Waals surface area contributed by atoms with Crippen LogP contribution in [0.5, 0.6) is 0 Å². The van der Waals surface area contributed by atoms with Gasteiger partial charge in [0.15, 0.2) is 0 Å². The second kappa shape index (κ2) is 8.03. The van der Waals surface area contributed by atoms with Gasteiger partial charge >= 0.3 is 0 Å². The van der Waals surface area contributed by atoms with Gasteiger partial charge in [-0.1, -0.05) is 40.5 Å². The smallest absolute Gasteiger partial charge is 0.212 e. The Hall–Kier alpha value is -0.130. The molecule has 0 aliphatic rings. The van der Waals surface area contributed by atoms with Gasteiger partial charge in [0.1, 0.15) is 0 Å². The maximum absolute atomic E-state index is 11.6. The molecule has 0 bridgehead atoms. The average molecular weight is 250 g/mol. The van der Waals surface area contributed by atoms with Crippen molar-refractivity contribution in [1.82, 2.24) is 10.0 Å². The van der Waals surface area contributed by atoms with Crippen LogP contribution < -0.4 is 10.0 Å². The lowest BCUT2D eigenvalue weighted by molar-refractivity contribution is 0.478. The summed E-state index contributed by atoms with van der Waals surface area (Å²) in [7, 11) is -3.10. The van der Waals surface area contributed by atoms with E-state index >= 15 is 0 Å². The van der Waals surface area contributed by atoms with Gasteiger partial charge in [-0.15, -0.1) is 0 Å². The molecule has 0 unspecified atom stereocenters. The fourth-order valence-corrected chi connectivity index (χ4v) is 2.40. The second-order valence-electron chi connectivity index (χ2n) is 4.46. The lowest BCUT2D eigenvalue weighted by atomic mass is 10.0. The van der Waals surface area contributed by atoms with Crippen LogP contribution >= 0.6 is 0 Å². The average Bonchev–Trinajstić information content (AvgIpc) is 2.18. The summed E-state index contributed by atoms with van der Waals surface area (Å²) in [6, 6.07) is 0.328. The third-order valence-corrected chi connectivity index (χ3v) is 4.02. The normalized spacial score (nSPS) is 12.6. The number of nitrogens with one attached hydrogen (secondary N) is 2. The van der Waals surface area contributed by atoms with E-state index in [-0.39, 0.29) is 5.75 Å². The second-order valence-corrected chi connectivity index (χ2v) is 6.39. The Kier molecular flexibility index (Phi) is 7.97. The molecule has 0 rings (SSSR count). The van der Waals surface area contributed by atoms with Crippen LogP contribution in [0.3, 0.4) is 0 Å². The van der Waals surface area contributed by atoms with Gasteiger partial charge < -0.3 is 5.32 Å². The highest BCUT2D eigenvalue weighted by Gasteiger charge is 2.12. The zero-order valence-corrected chi connectivity index (χ0v) is 11.7. The Balaban J connectivity index is 3.87. The van der Waals surface area contributed by atoms with Crippen molar-refractivity contribution in [2.45, 2.75) is 46.6 Å². The van der Waals surface area contributed by atoms with E-state index in [9.17, 15) is 8.42 Å². The number of rotatable bonds is 9. The first kappa shape index (κ1) is 15.9. The fraction of sp³-hybridized carbons (Fsp3) is 1.00. The molecule has 0 atom stereocenters. The highest BCUT2D eigenvalue weighted by Crippen LogP contribution is 2.05. The summed E-state index contributed by atoms with van der Waals surface area (Å²) in [5.74, 6) is 0.610. The minimum atomic E-state index is -3.10. The van der Waals surface area contributed by atoms with Gasteiger partial charge in [0.2, 0.25) is 10.0 Å². The molecule has 0 aliphatic heterocycles. The highest BCUT2D eigenvalue weighted by atomic mass is 32.2. The van der Waals surface area contributed by atoms with Crippen molar-refractivity contribution >= 4 is 10.0 Å². The summed E-state index contributed by atoms with van der Waals surface area (Å²) in [6.07, 6.45) is 2.03. The quantitative estimate of drug-likeness (QED) is 0.649. The van der Waals surface area contributed by atoms with Crippen molar-refractivity contribution in [1.29, 1.82) is 0 Å². The summed E-state index contributed by atoms with van der Waals surface area (Å²) >= 11 is 0. The van der Waals surface area contributed by atoms with Crippen molar-refractivity contribution in [2.75, 3.05) is 18.8 Å². The zero-order valence-electron chi connectivity index (χ0n) is 10.9. The molecule has 98 valence electrons. The molecule has 0 radical (unpaired) electrons. The largest absolute Gasteiger partial charge is 0.313 e. The summed E-state index contributed by atoms with van der Waals surface area (Å²) in [6.45, 7) is 9.26. The first-order valence-electron chi connectivity index (χ1n) is 6.12. The van der Waals surface area contributed by atoms with E-state index in [1.165, 1.54) is 0 Å². The van der Waals surface area contributed by atoms with Crippen LogP contribution in [0.4, 0.5) is 0 Å². The molecular weight excluding hydrogens is 224 g/mol. The molecule has 0 aliphatic carbocycles. The molecule has 0 fully saturated rings. The minimum Gasteiger partial charge on any atom is -0.313 e. The molecule has 16 heavy (non-hydrogen) atoms. The summed E-state index contributed by atoms with van der Waals surface area (Å²) < 4.78 is 25.9. The lowest BCUT2D eigenvalue weighted by Gasteiger charge is -2.14. The fourth-order valence-electron chi connectivity index (χ4n) is 1.38. The van der Waals surface area contributed by atoms with E-state index < -0.39 is 10.0 Å². The van der Waals surface area contributed by atoms with Crippen molar-refractivity contribution in [3.8, 4) is 0 Å². The van der Waals surface area contributed by atoms with E-state index in [1.54, 1.807) is 0 Å². The maximum Gasteiger partial charge on any atom is 0.212 e. The Morgan fingerprint density at radius 1 is 1.12 bits per heavy atom. The Morgan fingerprint density at radius 3 is 2.12 bits per heavy atom. The predicted octanol–water partition coefficient (Wildman–Crippen LogP) is 1.34. The van der Waals surface area contributed by atoms with Crippen LogP contribution in [-0.2, 0) is 10.0 Å². The number of hydrogen-bond donors (Lipinski definition) is 2. The molecule has 2 N–H and O–H groups in total. The van der Waals surface area contributed by atoms with E-state index in [2.05, 4.69) is 23.9 Å². The third kappa shape index (κ3) is 8.07. The molecule has 0 saturated heterocycles. The van der Waals surface area contributed by atoms with E-state index in [1.807, 2.05) is 13.8 Å². The van der Waals surface area contributed by atoms with Gasteiger partial charge in [0.05, 0.1) is 5.75 Å². The van der Waals surface area contributed by atoms with Crippen LogP contribution in [0.15, 0.2) is 0 Å². The predicted molar refractivity (Wildman–Crippen MR) is 69.0 cm³/mol. The van der Waals surface area contributed by atoms with Gasteiger partial charge in [-0.2, -0.15) is 0 Å². The van der Waals surface area contributed by atoms with Gasteiger partial charge in [-0.3, -0.25) is 0 Å². The van der Waals surface area contributed by atoms with Gasteiger partial charge in [0, 0.05) is 19.1 Å². The lowest BCUT2D eigenvalue weighted by Crippen LogP contribution is -2.36. The Morgan fingerprint density at radius 2 is 1.69 bits per heavy atom. The van der Waals surface area contributed by atoms with E-state index in [0.717, 1.165) is 12.8 Å². The molecule has 0 aromatic carbocycles. The van der Waals surface area contributed by atoms with Crippen molar-refractivity contribution in [3.05, 3.63) is 0 Å². The zero-order chi connectivity index (χ0) is 12.6. The van der Waals surface area contributed by atoms with Crippen molar-refractivity contribution in [2.24, 2.45) is 5.92 Å². The molecule has 4 nitrogen and oxygen atoms in total. The Bertz CT molecular complexity index is 259. The molecule has 0 aromatic heterocycles. The topological polar surface area (TPSA) is 58.2 Å². The first-order chi connectivity index (χ1) is 7.41. The minimum absolute atomic E-state index is 0.158. The maximum atomic E-state index is 11.6. The highest BCUT2D eigenvalue weighted by molar-refractivity contribution is 7.89. The van der Waals surface area contributed by atoms with Crippen LogP contribution in [0, 0.1) is 5.92 Å². The van der Waals surface area contributed by atoms with Gasteiger partial charge in [-0.05, 0) is 5.92 Å². The van der Waals surface area contributed by atoms with Crippen LogP contribution in [0.1, 0.15) is 40.5 Å². The third-order valence-electron chi connectivity index (χ3n) is 2.67. The molecule has 0 heterocycles. The molecule has 0 amide bonds. The van der Waals surface area contributed by atoms with Gasteiger partial charge in [0.25, 0.3) is 0 Å². The SMILES string of the molecule is CCC(CC)CNS(=O)(=O)CCNC(C)C. The van der Waals surface area contributed by atoms with Gasteiger partial charge in [-0.25, -0.2) is 13.1 Å². The van der Waals surface area contributed by atoms with E-state index in [4.69, 9.17) is 0 Å². The summed E-state index contributed by atoms with van der Waals surface area (Å²) in [5, 5.41) is 3.10. The number of hydrogen-bond acceptors (Lipinski definition) is 3. The monoisotopic (exact) mass is 250 g/mol. The molecule has 0 aromatic rings. The van der Waals surface area contributed by atoms with Crippen LogP contribution in [-0.4, -0.2) is 33.3 Å². The van der Waals surface area contributed by atoms with Crippen LogP contribution in [0.25, 0.3) is 0 Å². The standard InChI is InChI=1S/C11H26N2O2S/c1-5-11(6-2)9-13-16(14,15)8-7-12-10(3)4/h10-13H,5-9H2,1-4H3. The van der Waals surface area contributed by atoms with Crippen LogP contribution in [0.2, 0.25) is 0 Å². The molecular formula is C11H26N2O2S. The first-order valence-corrected chi connectivity index (χ1v) is 7.77. The molecule has 0 saturated carbocycles. The Labute approximate surface area is 100 Å². The summed E-state index contributed by atoms with van der Waals surface area (Å²) in [4.78, 5) is 0. The van der Waals surface area contributed by atoms with Crippen molar-refractivity contribution < 1.29 is 8.42 Å². The number of sulfonamides is 1. The van der Waals surface area contributed by atoms with E-state index in [0.29, 0.717) is 25.0 Å². The molecule has 5 heteroatoms. The van der Waals surface area contributed by atoms with Crippen molar-refractivity contribution in [3.63, 3.8) is 0 Å².